The summed E-state index contributed by atoms with van der Waals surface area (Å²) in [6, 6.07) is 6.90. The van der Waals surface area contributed by atoms with Gasteiger partial charge < -0.3 is 5.32 Å². The molecule has 1 heterocycles. The first kappa shape index (κ1) is 14.2. The molecule has 1 amide bonds. The van der Waals surface area contributed by atoms with Gasteiger partial charge in [0, 0.05) is 12.6 Å². The van der Waals surface area contributed by atoms with Crippen molar-refractivity contribution in [2.24, 2.45) is 7.05 Å². The Balaban J connectivity index is 1.98. The first-order valence-corrected chi connectivity index (χ1v) is 6.81. The first-order chi connectivity index (χ1) is 9.58. The predicted octanol–water partition coefficient (Wildman–Crippen LogP) is 1.14. The summed E-state index contributed by atoms with van der Waals surface area (Å²) < 4.78 is 1.49. The number of rotatable bonds is 5. The zero-order chi connectivity index (χ0) is 14.5. The summed E-state index contributed by atoms with van der Waals surface area (Å²) in [5, 5.41) is 14.2. The fraction of sp³-hybridized carbons (Fsp3) is 0.250. The second kappa shape index (κ2) is 6.29. The van der Waals surface area contributed by atoms with Gasteiger partial charge in [-0.25, -0.2) is 4.68 Å². The minimum absolute atomic E-state index is 0.0916. The third-order valence-corrected chi connectivity index (χ3v) is 3.50. The van der Waals surface area contributed by atoms with Crippen LogP contribution in [0, 0.1) is 0 Å². The van der Waals surface area contributed by atoms with Gasteiger partial charge in [-0.2, -0.15) is 0 Å². The number of aromatic nitrogens is 4. The Bertz CT molecular complexity index is 640. The van der Waals surface area contributed by atoms with Crippen LogP contribution < -0.4 is 5.32 Å². The van der Waals surface area contributed by atoms with Crippen molar-refractivity contribution in [1.82, 2.24) is 20.2 Å². The normalized spacial score (nSPS) is 10.3. The van der Waals surface area contributed by atoms with Gasteiger partial charge in [0.25, 0.3) is 0 Å². The molecule has 0 radical (unpaired) electrons. The van der Waals surface area contributed by atoms with Crippen LogP contribution in [0.4, 0.5) is 5.69 Å². The molecule has 1 aromatic heterocycles. The zero-order valence-corrected chi connectivity index (χ0v) is 11.8. The van der Waals surface area contributed by atoms with Gasteiger partial charge in [-0.3, -0.25) is 9.59 Å². The lowest BCUT2D eigenvalue weighted by atomic mass is 10.1. The summed E-state index contributed by atoms with van der Waals surface area (Å²) >= 11 is 1.23. The molecule has 0 spiro atoms. The number of nitrogens with zero attached hydrogens (tertiary/aromatic N) is 4. The average molecular weight is 291 g/mol. The Hall–Kier alpha value is -2.22. The number of nitrogens with one attached hydrogen (secondary N) is 1. The van der Waals surface area contributed by atoms with Crippen LogP contribution in [0.2, 0.25) is 0 Å². The SMILES string of the molecule is CC(=O)c1ccccc1NC(=O)CSc1nnnn1C. The second-order valence-electron chi connectivity index (χ2n) is 4.02. The van der Waals surface area contributed by atoms with E-state index in [4.69, 9.17) is 0 Å². The molecular weight excluding hydrogens is 278 g/mol. The van der Waals surface area contributed by atoms with E-state index in [1.807, 2.05) is 0 Å². The summed E-state index contributed by atoms with van der Waals surface area (Å²) in [6.45, 7) is 1.46. The molecule has 20 heavy (non-hydrogen) atoms. The van der Waals surface area contributed by atoms with Crippen LogP contribution in [0.3, 0.4) is 0 Å². The molecule has 0 aliphatic rings. The van der Waals surface area contributed by atoms with Crippen LogP contribution in [0.15, 0.2) is 29.4 Å². The van der Waals surface area contributed by atoms with E-state index in [1.54, 1.807) is 31.3 Å². The van der Waals surface area contributed by atoms with Crippen molar-refractivity contribution in [3.63, 3.8) is 0 Å². The standard InChI is InChI=1S/C12H13N5O2S/c1-8(18)9-5-3-4-6-10(9)13-11(19)7-20-12-14-15-16-17(12)2/h3-6H,7H2,1-2H3,(H,13,19). The van der Waals surface area contributed by atoms with Gasteiger partial charge in [0.05, 0.1) is 11.4 Å². The van der Waals surface area contributed by atoms with Crippen molar-refractivity contribution >= 4 is 29.1 Å². The van der Waals surface area contributed by atoms with Crippen LogP contribution in [-0.4, -0.2) is 37.7 Å². The monoisotopic (exact) mass is 291 g/mol. The Morgan fingerprint density at radius 3 is 2.75 bits per heavy atom. The molecule has 104 valence electrons. The predicted molar refractivity (Wildman–Crippen MR) is 74.6 cm³/mol. The van der Waals surface area contributed by atoms with Gasteiger partial charge in [-0.1, -0.05) is 23.9 Å². The maximum absolute atomic E-state index is 11.9. The van der Waals surface area contributed by atoms with Crippen molar-refractivity contribution in [2.75, 3.05) is 11.1 Å². The highest BCUT2D eigenvalue weighted by molar-refractivity contribution is 7.99. The molecule has 7 nitrogen and oxygen atoms in total. The summed E-state index contributed by atoms with van der Waals surface area (Å²) in [5.74, 6) is -0.141. The highest BCUT2D eigenvalue weighted by atomic mass is 32.2. The van der Waals surface area contributed by atoms with Gasteiger partial charge in [0.2, 0.25) is 11.1 Å². The quantitative estimate of drug-likeness (QED) is 0.656. The van der Waals surface area contributed by atoms with Crippen LogP contribution in [0.25, 0.3) is 0 Å². The zero-order valence-electron chi connectivity index (χ0n) is 11.0. The minimum atomic E-state index is -0.216. The third-order valence-electron chi connectivity index (χ3n) is 2.49. The largest absolute Gasteiger partial charge is 0.325 e. The van der Waals surface area contributed by atoms with E-state index in [0.717, 1.165) is 0 Å². The van der Waals surface area contributed by atoms with Crippen molar-refractivity contribution in [3.8, 4) is 0 Å². The number of ketones is 1. The van der Waals surface area contributed by atoms with Crippen LogP contribution in [-0.2, 0) is 11.8 Å². The average Bonchev–Trinajstić information content (AvgIpc) is 2.82. The Kier molecular flexibility index (Phi) is 4.46. The van der Waals surface area contributed by atoms with Crippen LogP contribution >= 0.6 is 11.8 Å². The maximum Gasteiger partial charge on any atom is 0.234 e. The molecular formula is C12H13N5O2S. The smallest absolute Gasteiger partial charge is 0.234 e. The molecule has 2 aromatic rings. The number of hydrogen-bond acceptors (Lipinski definition) is 6. The third kappa shape index (κ3) is 3.41. The molecule has 0 aliphatic carbocycles. The van der Waals surface area contributed by atoms with E-state index in [2.05, 4.69) is 20.8 Å². The van der Waals surface area contributed by atoms with E-state index in [-0.39, 0.29) is 17.4 Å². The lowest BCUT2D eigenvalue weighted by Gasteiger charge is -2.08. The number of benzene rings is 1. The van der Waals surface area contributed by atoms with Crippen LogP contribution in [0.1, 0.15) is 17.3 Å². The van der Waals surface area contributed by atoms with Crippen molar-refractivity contribution in [3.05, 3.63) is 29.8 Å². The van der Waals surface area contributed by atoms with E-state index < -0.39 is 0 Å². The number of tetrazole rings is 1. The fourth-order valence-corrected chi connectivity index (χ4v) is 2.21. The molecule has 0 atom stereocenters. The molecule has 0 aliphatic heterocycles. The Morgan fingerprint density at radius 2 is 2.10 bits per heavy atom. The van der Waals surface area contributed by atoms with Crippen molar-refractivity contribution in [1.29, 1.82) is 0 Å². The molecule has 0 saturated carbocycles. The molecule has 1 aromatic carbocycles. The fourth-order valence-electron chi connectivity index (χ4n) is 1.56. The first-order valence-electron chi connectivity index (χ1n) is 5.83. The summed E-state index contributed by atoms with van der Waals surface area (Å²) in [4.78, 5) is 23.3. The number of anilines is 1. The summed E-state index contributed by atoms with van der Waals surface area (Å²) in [7, 11) is 1.70. The molecule has 0 bridgehead atoms. The maximum atomic E-state index is 11.9. The van der Waals surface area contributed by atoms with Crippen molar-refractivity contribution in [2.45, 2.75) is 12.1 Å². The molecule has 0 unspecified atom stereocenters. The molecule has 2 rings (SSSR count). The van der Waals surface area contributed by atoms with E-state index in [9.17, 15) is 9.59 Å². The number of Topliss-reactive ketones (excluding diaryl/α,β-unsaturated/α-hetero) is 1. The number of para-hydroxylation sites is 1. The number of aryl methyl sites for hydroxylation is 1. The molecule has 0 fully saturated rings. The van der Waals surface area contributed by atoms with E-state index in [1.165, 1.54) is 23.4 Å². The molecule has 8 heteroatoms. The lowest BCUT2D eigenvalue weighted by Crippen LogP contribution is -2.16. The Morgan fingerprint density at radius 1 is 1.35 bits per heavy atom. The second-order valence-corrected chi connectivity index (χ2v) is 4.97. The van der Waals surface area contributed by atoms with Gasteiger partial charge in [0.15, 0.2) is 5.78 Å². The van der Waals surface area contributed by atoms with Gasteiger partial charge in [-0.05, 0) is 29.5 Å². The number of carbonyl (C=O) groups excluding carboxylic acids is 2. The number of carbonyl (C=O) groups is 2. The lowest BCUT2D eigenvalue weighted by molar-refractivity contribution is -0.113. The number of hydrogen-bond donors (Lipinski definition) is 1. The van der Waals surface area contributed by atoms with E-state index in [0.29, 0.717) is 16.4 Å². The highest BCUT2D eigenvalue weighted by Gasteiger charge is 2.11. The summed E-state index contributed by atoms with van der Waals surface area (Å²) in [5.41, 5.74) is 1.01. The Labute approximate surface area is 119 Å². The van der Waals surface area contributed by atoms with Gasteiger partial charge in [-0.15, -0.1) is 5.10 Å². The number of thioether (sulfide) groups is 1. The van der Waals surface area contributed by atoms with Crippen molar-refractivity contribution < 1.29 is 9.59 Å². The summed E-state index contributed by atoms with van der Waals surface area (Å²) in [6.07, 6.45) is 0. The topological polar surface area (TPSA) is 89.8 Å². The molecule has 1 N–H and O–H groups in total. The van der Waals surface area contributed by atoms with Gasteiger partial charge >= 0.3 is 0 Å². The highest BCUT2D eigenvalue weighted by Crippen LogP contribution is 2.17. The van der Waals surface area contributed by atoms with E-state index >= 15 is 0 Å². The minimum Gasteiger partial charge on any atom is -0.325 e. The van der Waals surface area contributed by atoms with Gasteiger partial charge in [0.1, 0.15) is 0 Å². The number of amides is 1. The molecule has 0 saturated heterocycles. The van der Waals surface area contributed by atoms with Crippen LogP contribution in [0.5, 0.6) is 0 Å².